The first-order chi connectivity index (χ1) is 27.5. The van der Waals surface area contributed by atoms with Crippen LogP contribution in [0.1, 0.15) is 48.5 Å². The van der Waals surface area contributed by atoms with Crippen molar-refractivity contribution in [3.63, 3.8) is 0 Å². The van der Waals surface area contributed by atoms with Crippen LogP contribution >= 0.6 is 0 Å². The summed E-state index contributed by atoms with van der Waals surface area (Å²) in [6.45, 7) is 1.86. The second-order valence-electron chi connectivity index (χ2n) is 13.2. The predicted octanol–water partition coefficient (Wildman–Crippen LogP) is 3.89. The zero-order valence-corrected chi connectivity index (χ0v) is 30.8. The molecule has 2 fully saturated rings. The molecule has 7 rings (SSSR count). The van der Waals surface area contributed by atoms with Crippen molar-refractivity contribution in [1.82, 2.24) is 39.7 Å². The Balaban J connectivity index is 1.33. The Hall–Kier alpha value is -5.91. The Labute approximate surface area is 324 Å². The predicted molar refractivity (Wildman–Crippen MR) is 187 cm³/mol. The van der Waals surface area contributed by atoms with Gasteiger partial charge in [0.25, 0.3) is 0 Å². The average Bonchev–Trinajstić information content (AvgIpc) is 3.97. The number of aryl methyl sites for hydroxylation is 1. The molecule has 5 heterocycles. The minimum absolute atomic E-state index is 0.0312. The number of tetrazole rings is 1. The van der Waals surface area contributed by atoms with Crippen molar-refractivity contribution >= 4 is 44.7 Å². The van der Waals surface area contributed by atoms with Gasteiger partial charge in [-0.3, -0.25) is 4.57 Å². The van der Waals surface area contributed by atoms with Gasteiger partial charge in [0.1, 0.15) is 0 Å². The molecule has 2 aliphatic rings. The van der Waals surface area contributed by atoms with Crippen LogP contribution in [0.5, 0.6) is 0 Å². The molecule has 0 spiro atoms. The number of alkyl halides is 6. The van der Waals surface area contributed by atoms with E-state index in [1.165, 1.54) is 0 Å². The highest BCUT2D eigenvalue weighted by molar-refractivity contribution is 7.91. The van der Waals surface area contributed by atoms with Crippen LogP contribution in [0, 0.1) is 0 Å². The number of carbonyl (C=O) groups is 2. The highest BCUT2D eigenvalue weighted by Gasteiger charge is 2.57. The standard InChI is InChI=1S/C34H32F6N10O7S/c1-2-50-47-27(46-48-50)24-23(56-30(51)33(35,36)37)25(57-31(52)34(38,39)40)29(55-24)49-17-42-22-26(44-32(45-28(22)49)43-20-13-14-58(53,54)16-20)41-15-21(18-9-5-3-6-10-18)19-11-7-4-8-12-19/h3-12,17,20-21,23-25,29H,2,13-16H2,1H3,(H2,41,43,44,45)/t20?,23-,24-,25+,29+/m0/s1. The minimum atomic E-state index is -5.66. The number of sulfone groups is 1. The van der Waals surface area contributed by atoms with Gasteiger partial charge in [-0.15, -0.1) is 10.2 Å². The van der Waals surface area contributed by atoms with Gasteiger partial charge in [0.05, 0.1) is 24.4 Å². The van der Waals surface area contributed by atoms with E-state index in [2.05, 4.69) is 45.7 Å². The summed E-state index contributed by atoms with van der Waals surface area (Å²) in [5.41, 5.74) is 1.58. The number of nitrogens with one attached hydrogen (secondary N) is 2. The summed E-state index contributed by atoms with van der Waals surface area (Å²) in [6.07, 6.45) is -19.0. The zero-order chi connectivity index (χ0) is 41.4. The molecular weight excluding hydrogens is 806 g/mol. The van der Waals surface area contributed by atoms with Crippen molar-refractivity contribution < 1.29 is 58.6 Å². The molecule has 2 aromatic carbocycles. The van der Waals surface area contributed by atoms with Gasteiger partial charge in [0, 0.05) is 18.5 Å². The highest BCUT2D eigenvalue weighted by Crippen LogP contribution is 2.44. The SMILES string of the molecule is CCn1nnc([C@H]2O[C@@H](n3cnc4c(NCC(c5ccccc5)c5ccccc5)nc(NC5CCS(=O)(=O)C5)nc43)[C@H](OC(=O)C(F)(F)F)[C@H]2OC(=O)C(F)(F)F)n1. The molecule has 0 radical (unpaired) electrons. The van der Waals surface area contributed by atoms with E-state index < -0.39 is 70.5 Å². The summed E-state index contributed by atoms with van der Waals surface area (Å²) in [6, 6.07) is 18.2. The maximum atomic E-state index is 13.7. The van der Waals surface area contributed by atoms with E-state index in [0.29, 0.717) is 0 Å². The number of fused-ring (bicyclic) bond motifs is 1. The number of hydrogen-bond acceptors (Lipinski definition) is 15. The molecule has 1 unspecified atom stereocenters. The van der Waals surface area contributed by atoms with Crippen LogP contribution in [0.2, 0.25) is 0 Å². The van der Waals surface area contributed by atoms with E-state index in [0.717, 1.165) is 26.8 Å². The number of rotatable bonds is 12. The number of ether oxygens (including phenoxy) is 3. The van der Waals surface area contributed by atoms with E-state index in [9.17, 15) is 44.3 Å². The highest BCUT2D eigenvalue weighted by atomic mass is 32.2. The maximum Gasteiger partial charge on any atom is 0.490 e. The number of aromatic nitrogens is 8. The quantitative estimate of drug-likeness (QED) is 0.135. The van der Waals surface area contributed by atoms with E-state index >= 15 is 0 Å². The van der Waals surface area contributed by atoms with Gasteiger partial charge in [-0.1, -0.05) is 60.7 Å². The van der Waals surface area contributed by atoms with Gasteiger partial charge in [0.2, 0.25) is 11.8 Å². The fraction of sp³-hybridized carbons (Fsp3) is 0.412. The second-order valence-corrected chi connectivity index (χ2v) is 15.5. The molecule has 2 aliphatic heterocycles. The normalized spacial score (nSPS) is 22.0. The minimum Gasteiger partial charge on any atom is -0.448 e. The summed E-state index contributed by atoms with van der Waals surface area (Å²) in [5, 5.41) is 17.6. The van der Waals surface area contributed by atoms with Crippen LogP contribution in [0.25, 0.3) is 11.2 Å². The van der Waals surface area contributed by atoms with Crippen LogP contribution in [0.4, 0.5) is 38.1 Å². The summed E-state index contributed by atoms with van der Waals surface area (Å²) < 4.78 is 123. The van der Waals surface area contributed by atoms with Crippen molar-refractivity contribution in [3.05, 3.63) is 83.9 Å². The Morgan fingerprint density at radius 1 is 0.931 bits per heavy atom. The first kappa shape index (κ1) is 40.3. The molecule has 0 amide bonds. The Morgan fingerprint density at radius 3 is 2.10 bits per heavy atom. The molecule has 0 saturated carbocycles. The van der Waals surface area contributed by atoms with Gasteiger partial charge in [0.15, 0.2) is 51.4 Å². The Bertz CT molecular complexity index is 2340. The molecule has 5 aromatic rings. The molecule has 0 bridgehead atoms. The summed E-state index contributed by atoms with van der Waals surface area (Å²) >= 11 is 0. The molecule has 2 saturated heterocycles. The van der Waals surface area contributed by atoms with Gasteiger partial charge in [-0.05, 0) is 29.7 Å². The first-order valence-electron chi connectivity index (χ1n) is 17.5. The number of carbonyl (C=O) groups excluding carboxylic acids is 2. The van der Waals surface area contributed by atoms with Crippen molar-refractivity contribution in [2.24, 2.45) is 0 Å². The summed E-state index contributed by atoms with van der Waals surface area (Å²) in [5.74, 6) is -6.97. The number of imidazole rings is 1. The third-order valence-electron chi connectivity index (χ3n) is 9.28. The van der Waals surface area contributed by atoms with Crippen LogP contribution in [-0.2, 0) is 40.2 Å². The maximum absolute atomic E-state index is 13.7. The summed E-state index contributed by atoms with van der Waals surface area (Å²) in [7, 11) is -3.40. The van der Waals surface area contributed by atoms with Gasteiger partial charge in [-0.25, -0.2) is 23.0 Å². The average molecular weight is 839 g/mol. The van der Waals surface area contributed by atoms with E-state index in [4.69, 9.17) is 9.47 Å². The lowest BCUT2D eigenvalue weighted by molar-refractivity contribution is -0.221. The van der Waals surface area contributed by atoms with Crippen LogP contribution in [0.3, 0.4) is 0 Å². The van der Waals surface area contributed by atoms with Crippen molar-refractivity contribution in [1.29, 1.82) is 0 Å². The van der Waals surface area contributed by atoms with E-state index in [1.54, 1.807) is 6.92 Å². The summed E-state index contributed by atoms with van der Waals surface area (Å²) in [4.78, 5) is 38.9. The van der Waals surface area contributed by atoms with Gasteiger partial charge < -0.3 is 24.8 Å². The van der Waals surface area contributed by atoms with E-state index in [1.807, 2.05) is 60.7 Å². The number of nitrogens with zero attached hydrogens (tertiary/aromatic N) is 8. The second kappa shape index (κ2) is 15.8. The molecule has 24 heteroatoms. The lowest BCUT2D eigenvalue weighted by Gasteiger charge is -2.25. The fourth-order valence-corrected chi connectivity index (χ4v) is 8.26. The van der Waals surface area contributed by atoms with Crippen molar-refractivity contribution in [2.45, 2.75) is 68.7 Å². The molecule has 5 atom stereocenters. The van der Waals surface area contributed by atoms with Gasteiger partial charge >= 0.3 is 24.3 Å². The number of benzene rings is 2. The topological polar surface area (TPSA) is 207 Å². The van der Waals surface area contributed by atoms with Crippen molar-refractivity contribution in [2.75, 3.05) is 28.7 Å². The molecule has 3 aromatic heterocycles. The molecule has 308 valence electrons. The molecule has 17 nitrogen and oxygen atoms in total. The smallest absolute Gasteiger partial charge is 0.448 e. The van der Waals surface area contributed by atoms with Crippen LogP contribution in [0.15, 0.2) is 67.0 Å². The number of esters is 2. The zero-order valence-electron chi connectivity index (χ0n) is 30.0. The van der Waals surface area contributed by atoms with Crippen molar-refractivity contribution in [3.8, 4) is 0 Å². The van der Waals surface area contributed by atoms with E-state index in [-0.39, 0.29) is 59.9 Å². The molecular formula is C34H32F6N10O7S. The Kier molecular flexibility index (Phi) is 11.0. The fourth-order valence-electron chi connectivity index (χ4n) is 6.59. The molecule has 58 heavy (non-hydrogen) atoms. The molecule has 2 N–H and O–H groups in total. The monoisotopic (exact) mass is 838 g/mol. The van der Waals surface area contributed by atoms with Gasteiger partial charge in [-0.2, -0.15) is 41.1 Å². The first-order valence-corrected chi connectivity index (χ1v) is 19.4. The third-order valence-corrected chi connectivity index (χ3v) is 11.1. The molecule has 0 aliphatic carbocycles. The number of anilines is 2. The third kappa shape index (κ3) is 8.66. The Morgan fingerprint density at radius 2 is 1.55 bits per heavy atom. The largest absolute Gasteiger partial charge is 0.490 e. The number of halogens is 6. The number of hydrogen-bond donors (Lipinski definition) is 2. The van der Waals surface area contributed by atoms with Crippen LogP contribution < -0.4 is 10.6 Å². The lowest BCUT2D eigenvalue weighted by Crippen LogP contribution is -2.42. The lowest BCUT2D eigenvalue weighted by atomic mass is 9.91. The van der Waals surface area contributed by atoms with Crippen LogP contribution in [-0.4, -0.2) is 109 Å².